The molecule has 0 radical (unpaired) electrons. The van der Waals surface area contributed by atoms with Crippen molar-refractivity contribution < 1.29 is 0 Å². The Hall–Kier alpha value is -0.980. The molecule has 1 aliphatic rings. The molecule has 1 aromatic carbocycles. The molecule has 0 unspecified atom stereocenters. The highest BCUT2D eigenvalue weighted by molar-refractivity contribution is 5.42. The lowest BCUT2D eigenvalue weighted by Gasteiger charge is -2.26. The average Bonchev–Trinajstić information content (AvgIpc) is 2.30. The van der Waals surface area contributed by atoms with Gasteiger partial charge in [0.05, 0.1) is 0 Å². The zero-order valence-corrected chi connectivity index (χ0v) is 9.58. The molecule has 0 spiro atoms. The Bertz CT molecular complexity index is 273. The van der Waals surface area contributed by atoms with Crippen molar-refractivity contribution in [3.63, 3.8) is 0 Å². The molecule has 2 rings (SSSR count). The standard InChI is InChI=1S/C14H21N/c1-12-7-9-13(10-8-12)11-15-14-5-3-2-4-6-14/h2-6,12-13,15H,7-11H2,1H3. The summed E-state index contributed by atoms with van der Waals surface area (Å²) in [5.74, 6) is 1.85. The van der Waals surface area contributed by atoms with Crippen LogP contribution in [0.25, 0.3) is 0 Å². The van der Waals surface area contributed by atoms with Crippen LogP contribution in [-0.4, -0.2) is 6.54 Å². The monoisotopic (exact) mass is 203 g/mol. The third-order valence-electron chi connectivity index (χ3n) is 3.50. The van der Waals surface area contributed by atoms with E-state index < -0.39 is 0 Å². The predicted molar refractivity (Wildman–Crippen MR) is 66.1 cm³/mol. The topological polar surface area (TPSA) is 12.0 Å². The Morgan fingerprint density at radius 1 is 1.07 bits per heavy atom. The van der Waals surface area contributed by atoms with Gasteiger partial charge in [0.25, 0.3) is 0 Å². The summed E-state index contributed by atoms with van der Waals surface area (Å²) in [6.07, 6.45) is 5.64. The summed E-state index contributed by atoms with van der Waals surface area (Å²) in [7, 11) is 0. The van der Waals surface area contributed by atoms with Crippen molar-refractivity contribution in [1.29, 1.82) is 0 Å². The Morgan fingerprint density at radius 2 is 1.73 bits per heavy atom. The number of rotatable bonds is 3. The molecule has 0 amide bonds. The summed E-state index contributed by atoms with van der Waals surface area (Å²) < 4.78 is 0. The van der Waals surface area contributed by atoms with Crippen LogP contribution in [0.3, 0.4) is 0 Å². The van der Waals surface area contributed by atoms with E-state index in [1.54, 1.807) is 0 Å². The number of hydrogen-bond donors (Lipinski definition) is 1. The first-order valence-corrected chi connectivity index (χ1v) is 6.13. The van der Waals surface area contributed by atoms with E-state index in [0.717, 1.165) is 18.4 Å². The van der Waals surface area contributed by atoms with Crippen LogP contribution in [0.1, 0.15) is 32.6 Å². The molecule has 1 heteroatoms. The Morgan fingerprint density at radius 3 is 2.40 bits per heavy atom. The normalized spacial score (nSPS) is 26.2. The predicted octanol–water partition coefficient (Wildman–Crippen LogP) is 3.92. The van der Waals surface area contributed by atoms with Crippen LogP contribution in [0, 0.1) is 11.8 Å². The number of anilines is 1. The van der Waals surface area contributed by atoms with Crippen LogP contribution >= 0.6 is 0 Å². The molecular formula is C14H21N. The lowest BCUT2D eigenvalue weighted by Crippen LogP contribution is -2.20. The molecule has 1 N–H and O–H groups in total. The summed E-state index contributed by atoms with van der Waals surface area (Å²) in [6, 6.07) is 10.5. The maximum Gasteiger partial charge on any atom is 0.0340 e. The second kappa shape index (κ2) is 5.20. The first-order chi connectivity index (χ1) is 7.34. The molecule has 15 heavy (non-hydrogen) atoms. The smallest absolute Gasteiger partial charge is 0.0340 e. The van der Waals surface area contributed by atoms with Gasteiger partial charge < -0.3 is 5.32 Å². The maximum absolute atomic E-state index is 3.53. The van der Waals surface area contributed by atoms with Crippen LogP contribution < -0.4 is 5.32 Å². The minimum Gasteiger partial charge on any atom is -0.385 e. The van der Waals surface area contributed by atoms with Crippen molar-refractivity contribution >= 4 is 5.69 Å². The fourth-order valence-corrected chi connectivity index (χ4v) is 2.35. The SMILES string of the molecule is CC1CCC(CNc2ccccc2)CC1. The van der Waals surface area contributed by atoms with Gasteiger partial charge in [0.2, 0.25) is 0 Å². The van der Waals surface area contributed by atoms with E-state index in [0.29, 0.717) is 0 Å². The molecule has 0 bridgehead atoms. The minimum atomic E-state index is 0.890. The quantitative estimate of drug-likeness (QED) is 0.785. The van der Waals surface area contributed by atoms with Gasteiger partial charge in [0.1, 0.15) is 0 Å². The highest BCUT2D eigenvalue weighted by Gasteiger charge is 2.17. The minimum absolute atomic E-state index is 0.890. The Kier molecular flexibility index (Phi) is 3.65. The summed E-state index contributed by atoms with van der Waals surface area (Å²) in [6.45, 7) is 3.53. The Balaban J connectivity index is 1.74. The summed E-state index contributed by atoms with van der Waals surface area (Å²) in [4.78, 5) is 0. The third-order valence-corrected chi connectivity index (χ3v) is 3.50. The van der Waals surface area contributed by atoms with Crippen molar-refractivity contribution in [2.45, 2.75) is 32.6 Å². The highest BCUT2D eigenvalue weighted by Crippen LogP contribution is 2.28. The van der Waals surface area contributed by atoms with Crippen molar-refractivity contribution in [2.75, 3.05) is 11.9 Å². The summed E-state index contributed by atoms with van der Waals surface area (Å²) >= 11 is 0. The third kappa shape index (κ3) is 3.26. The van der Waals surface area contributed by atoms with Gasteiger partial charge in [-0.15, -0.1) is 0 Å². The van der Waals surface area contributed by atoms with E-state index in [-0.39, 0.29) is 0 Å². The van der Waals surface area contributed by atoms with Crippen LogP contribution in [0.5, 0.6) is 0 Å². The molecule has 0 saturated heterocycles. The van der Waals surface area contributed by atoms with E-state index in [1.165, 1.54) is 31.4 Å². The van der Waals surface area contributed by atoms with Crippen LogP contribution in [-0.2, 0) is 0 Å². The van der Waals surface area contributed by atoms with Gasteiger partial charge >= 0.3 is 0 Å². The van der Waals surface area contributed by atoms with Gasteiger partial charge in [-0.2, -0.15) is 0 Å². The molecular weight excluding hydrogens is 182 g/mol. The molecule has 0 aliphatic heterocycles. The van der Waals surface area contributed by atoms with Crippen molar-refractivity contribution in [3.05, 3.63) is 30.3 Å². The van der Waals surface area contributed by atoms with Gasteiger partial charge in [-0.05, 0) is 36.8 Å². The fraction of sp³-hybridized carbons (Fsp3) is 0.571. The molecule has 0 aromatic heterocycles. The molecule has 0 atom stereocenters. The average molecular weight is 203 g/mol. The summed E-state index contributed by atoms with van der Waals surface area (Å²) in [5, 5.41) is 3.53. The zero-order chi connectivity index (χ0) is 10.5. The molecule has 1 fully saturated rings. The maximum atomic E-state index is 3.53. The van der Waals surface area contributed by atoms with Gasteiger partial charge in [-0.3, -0.25) is 0 Å². The first kappa shape index (κ1) is 10.5. The van der Waals surface area contributed by atoms with Gasteiger partial charge in [0, 0.05) is 12.2 Å². The van der Waals surface area contributed by atoms with Crippen molar-refractivity contribution in [2.24, 2.45) is 11.8 Å². The molecule has 1 aromatic rings. The van der Waals surface area contributed by atoms with Gasteiger partial charge in [-0.1, -0.05) is 38.0 Å². The lowest BCUT2D eigenvalue weighted by molar-refractivity contribution is 0.300. The number of benzene rings is 1. The second-order valence-electron chi connectivity index (χ2n) is 4.87. The first-order valence-electron chi connectivity index (χ1n) is 6.13. The van der Waals surface area contributed by atoms with E-state index >= 15 is 0 Å². The molecule has 82 valence electrons. The molecule has 1 nitrogen and oxygen atoms in total. The largest absolute Gasteiger partial charge is 0.385 e. The van der Waals surface area contributed by atoms with Gasteiger partial charge in [-0.25, -0.2) is 0 Å². The fourth-order valence-electron chi connectivity index (χ4n) is 2.35. The van der Waals surface area contributed by atoms with E-state index in [1.807, 2.05) is 0 Å². The molecule has 1 aliphatic carbocycles. The Labute approximate surface area is 92.9 Å². The molecule has 1 saturated carbocycles. The van der Waals surface area contributed by atoms with E-state index in [4.69, 9.17) is 0 Å². The molecule has 0 heterocycles. The summed E-state index contributed by atoms with van der Waals surface area (Å²) in [5.41, 5.74) is 1.26. The number of nitrogens with one attached hydrogen (secondary N) is 1. The lowest BCUT2D eigenvalue weighted by atomic mass is 9.83. The van der Waals surface area contributed by atoms with Crippen molar-refractivity contribution in [1.82, 2.24) is 0 Å². The number of para-hydroxylation sites is 1. The van der Waals surface area contributed by atoms with E-state index in [2.05, 4.69) is 42.6 Å². The zero-order valence-electron chi connectivity index (χ0n) is 9.58. The van der Waals surface area contributed by atoms with Gasteiger partial charge in [0.15, 0.2) is 0 Å². The van der Waals surface area contributed by atoms with E-state index in [9.17, 15) is 0 Å². The van der Waals surface area contributed by atoms with Crippen LogP contribution in [0.4, 0.5) is 5.69 Å². The number of hydrogen-bond acceptors (Lipinski definition) is 1. The second-order valence-corrected chi connectivity index (χ2v) is 4.87. The highest BCUT2D eigenvalue weighted by atomic mass is 14.9. The van der Waals surface area contributed by atoms with Crippen molar-refractivity contribution in [3.8, 4) is 0 Å². The van der Waals surface area contributed by atoms with Crippen LogP contribution in [0.15, 0.2) is 30.3 Å². The van der Waals surface area contributed by atoms with Crippen LogP contribution in [0.2, 0.25) is 0 Å².